The van der Waals surface area contributed by atoms with Crippen LogP contribution in [0.2, 0.25) is 5.02 Å². The van der Waals surface area contributed by atoms with Crippen LogP contribution >= 0.6 is 11.6 Å². The molecule has 0 aliphatic carbocycles. The van der Waals surface area contributed by atoms with Crippen LogP contribution in [0.15, 0.2) is 107 Å². The number of carbonyl (C=O) groups is 2. The second kappa shape index (κ2) is 10.1. The summed E-state index contributed by atoms with van der Waals surface area (Å²) in [5.74, 6) is -0.480. The molecule has 180 valence electrons. The van der Waals surface area contributed by atoms with E-state index in [1.807, 2.05) is 49.4 Å². The SMILES string of the molecule is CCN(C(=O)c1ccc2c(c1)N(Cc1cccc(Cl)c1)C(=O)c1ccccc1[S@@]2=O)c1ccccc1. The number of benzene rings is 4. The maximum Gasteiger partial charge on any atom is 0.259 e. The van der Waals surface area contributed by atoms with Gasteiger partial charge >= 0.3 is 0 Å². The second-order valence-corrected chi connectivity index (χ2v) is 10.2. The van der Waals surface area contributed by atoms with E-state index < -0.39 is 10.8 Å². The van der Waals surface area contributed by atoms with E-state index in [0.717, 1.165) is 11.3 Å². The molecule has 0 N–H and O–H groups in total. The van der Waals surface area contributed by atoms with Gasteiger partial charge in [0.25, 0.3) is 11.8 Å². The number of hydrogen-bond donors (Lipinski definition) is 0. The summed E-state index contributed by atoms with van der Waals surface area (Å²) in [4.78, 5) is 31.6. The van der Waals surface area contributed by atoms with E-state index in [9.17, 15) is 13.8 Å². The molecule has 1 heterocycles. The molecule has 0 radical (unpaired) electrons. The van der Waals surface area contributed by atoms with Gasteiger partial charge in [0, 0.05) is 22.8 Å². The number of para-hydroxylation sites is 1. The Bertz CT molecular complexity index is 1490. The monoisotopic (exact) mass is 514 g/mol. The van der Waals surface area contributed by atoms with Crippen LogP contribution in [-0.4, -0.2) is 22.6 Å². The fourth-order valence-electron chi connectivity index (χ4n) is 4.38. The van der Waals surface area contributed by atoms with Gasteiger partial charge in [-0.2, -0.15) is 0 Å². The first kappa shape index (κ1) is 24.0. The molecule has 4 aromatic rings. The summed E-state index contributed by atoms with van der Waals surface area (Å²) < 4.78 is 13.6. The van der Waals surface area contributed by atoms with E-state index in [4.69, 9.17) is 11.6 Å². The van der Waals surface area contributed by atoms with E-state index in [-0.39, 0.29) is 18.4 Å². The molecular formula is C29H23ClN2O3S. The van der Waals surface area contributed by atoms with Crippen molar-refractivity contribution >= 4 is 45.6 Å². The molecule has 0 spiro atoms. The number of nitrogens with zero attached hydrogens (tertiary/aromatic N) is 2. The fourth-order valence-corrected chi connectivity index (χ4v) is 5.94. The van der Waals surface area contributed by atoms with Gasteiger partial charge in [0.15, 0.2) is 0 Å². The minimum absolute atomic E-state index is 0.200. The molecular weight excluding hydrogens is 492 g/mol. The van der Waals surface area contributed by atoms with Crippen molar-refractivity contribution < 1.29 is 13.8 Å². The van der Waals surface area contributed by atoms with Gasteiger partial charge in [0.1, 0.15) is 0 Å². The molecule has 1 atom stereocenters. The summed E-state index contributed by atoms with van der Waals surface area (Å²) in [5.41, 5.74) is 2.84. The van der Waals surface area contributed by atoms with Crippen LogP contribution in [-0.2, 0) is 17.3 Å². The van der Waals surface area contributed by atoms with E-state index >= 15 is 0 Å². The zero-order chi connectivity index (χ0) is 25.2. The molecule has 5 nitrogen and oxygen atoms in total. The molecule has 0 saturated heterocycles. The number of carbonyl (C=O) groups excluding carboxylic acids is 2. The molecule has 0 saturated carbocycles. The predicted molar refractivity (Wildman–Crippen MR) is 143 cm³/mol. The first-order valence-electron chi connectivity index (χ1n) is 11.6. The molecule has 4 aromatic carbocycles. The topological polar surface area (TPSA) is 57.7 Å². The predicted octanol–water partition coefficient (Wildman–Crippen LogP) is 6.33. The average molecular weight is 515 g/mol. The zero-order valence-electron chi connectivity index (χ0n) is 19.6. The lowest BCUT2D eigenvalue weighted by Crippen LogP contribution is -2.32. The summed E-state index contributed by atoms with van der Waals surface area (Å²) >= 11 is 6.21. The van der Waals surface area contributed by atoms with Gasteiger partial charge in [0.05, 0.1) is 38.4 Å². The third-order valence-electron chi connectivity index (χ3n) is 6.12. The van der Waals surface area contributed by atoms with Gasteiger partial charge in [-0.3, -0.25) is 9.59 Å². The van der Waals surface area contributed by atoms with Crippen LogP contribution in [0.25, 0.3) is 0 Å². The Hall–Kier alpha value is -3.74. The highest BCUT2D eigenvalue weighted by Gasteiger charge is 2.32. The summed E-state index contributed by atoms with van der Waals surface area (Å²) in [5, 5.41) is 0.560. The lowest BCUT2D eigenvalue weighted by Gasteiger charge is -2.25. The van der Waals surface area contributed by atoms with Crippen LogP contribution in [0.5, 0.6) is 0 Å². The van der Waals surface area contributed by atoms with Crippen molar-refractivity contribution in [1.82, 2.24) is 0 Å². The first-order chi connectivity index (χ1) is 17.5. The average Bonchev–Trinajstić information content (AvgIpc) is 2.99. The van der Waals surface area contributed by atoms with Crippen molar-refractivity contribution in [3.8, 4) is 0 Å². The quantitative estimate of drug-likeness (QED) is 0.312. The Balaban J connectivity index is 1.64. The van der Waals surface area contributed by atoms with E-state index in [1.54, 1.807) is 64.4 Å². The van der Waals surface area contributed by atoms with Crippen LogP contribution < -0.4 is 9.80 Å². The Morgan fingerprint density at radius 3 is 2.39 bits per heavy atom. The van der Waals surface area contributed by atoms with Gasteiger partial charge in [-0.1, -0.05) is 54.1 Å². The molecule has 0 aromatic heterocycles. The van der Waals surface area contributed by atoms with Crippen molar-refractivity contribution in [2.24, 2.45) is 0 Å². The maximum atomic E-state index is 13.8. The van der Waals surface area contributed by atoms with Crippen LogP contribution in [0, 0.1) is 0 Å². The first-order valence-corrected chi connectivity index (χ1v) is 13.1. The van der Waals surface area contributed by atoms with E-state index in [1.165, 1.54) is 0 Å². The molecule has 5 rings (SSSR count). The number of rotatable bonds is 5. The van der Waals surface area contributed by atoms with E-state index in [2.05, 4.69) is 0 Å². The second-order valence-electron chi connectivity index (χ2n) is 8.35. The summed E-state index contributed by atoms with van der Waals surface area (Å²) in [6.45, 7) is 2.60. The van der Waals surface area contributed by atoms with Crippen molar-refractivity contribution in [2.75, 3.05) is 16.3 Å². The highest BCUT2D eigenvalue weighted by molar-refractivity contribution is 7.85. The van der Waals surface area contributed by atoms with Gasteiger partial charge in [-0.05, 0) is 67.1 Å². The standard InChI is InChI=1S/C29H23ClN2O3S/c1-2-31(23-11-4-3-5-12-23)28(33)21-15-16-27-25(18-21)32(19-20-9-8-10-22(30)17-20)29(34)24-13-6-7-14-26(24)36(27)35/h3-18H,2,19H2,1H3/t36-/m0/s1. The Morgan fingerprint density at radius 2 is 1.64 bits per heavy atom. The number of halogens is 1. The Kier molecular flexibility index (Phi) is 6.72. The Morgan fingerprint density at radius 1 is 0.889 bits per heavy atom. The molecule has 36 heavy (non-hydrogen) atoms. The van der Waals surface area contributed by atoms with E-state index in [0.29, 0.717) is 38.2 Å². The van der Waals surface area contributed by atoms with Crippen LogP contribution in [0.4, 0.5) is 11.4 Å². The van der Waals surface area contributed by atoms with Crippen molar-refractivity contribution in [2.45, 2.75) is 23.3 Å². The van der Waals surface area contributed by atoms with Crippen molar-refractivity contribution in [3.05, 3.63) is 119 Å². The van der Waals surface area contributed by atoms with Gasteiger partial charge in [0.2, 0.25) is 0 Å². The van der Waals surface area contributed by atoms with Crippen molar-refractivity contribution in [3.63, 3.8) is 0 Å². The minimum Gasteiger partial charge on any atom is -0.309 e. The highest BCUT2D eigenvalue weighted by atomic mass is 35.5. The minimum atomic E-state index is -1.59. The normalized spacial score (nSPS) is 14.6. The molecule has 1 aliphatic heterocycles. The summed E-state index contributed by atoms with van der Waals surface area (Å²) in [6, 6.07) is 28.7. The third kappa shape index (κ3) is 4.45. The van der Waals surface area contributed by atoms with Gasteiger partial charge in [-0.25, -0.2) is 4.21 Å². The lowest BCUT2D eigenvalue weighted by atomic mass is 10.1. The number of anilines is 2. The van der Waals surface area contributed by atoms with Gasteiger partial charge < -0.3 is 9.80 Å². The number of fused-ring (bicyclic) bond motifs is 2. The maximum absolute atomic E-state index is 13.8. The number of amides is 2. The molecule has 2 amide bonds. The molecule has 0 fully saturated rings. The smallest absolute Gasteiger partial charge is 0.259 e. The molecule has 7 heteroatoms. The molecule has 0 bridgehead atoms. The largest absolute Gasteiger partial charge is 0.309 e. The van der Waals surface area contributed by atoms with Crippen LogP contribution in [0.1, 0.15) is 33.2 Å². The third-order valence-corrected chi connectivity index (χ3v) is 7.85. The van der Waals surface area contributed by atoms with Gasteiger partial charge in [-0.15, -0.1) is 0 Å². The number of hydrogen-bond acceptors (Lipinski definition) is 3. The highest BCUT2D eigenvalue weighted by Crippen LogP contribution is 2.36. The zero-order valence-corrected chi connectivity index (χ0v) is 21.1. The van der Waals surface area contributed by atoms with Crippen LogP contribution in [0.3, 0.4) is 0 Å². The molecule has 1 aliphatic rings. The van der Waals surface area contributed by atoms with Crippen molar-refractivity contribution in [1.29, 1.82) is 0 Å². The molecule has 0 unspecified atom stereocenters. The fraction of sp³-hybridized carbons (Fsp3) is 0.103. The Labute approximate surface area is 217 Å². The lowest BCUT2D eigenvalue weighted by molar-refractivity contribution is 0.0974. The summed E-state index contributed by atoms with van der Waals surface area (Å²) in [7, 11) is -1.59. The summed E-state index contributed by atoms with van der Waals surface area (Å²) in [6.07, 6.45) is 0.